The Morgan fingerprint density at radius 1 is 1.06 bits per heavy atom. The van der Waals surface area contributed by atoms with Crippen molar-refractivity contribution in [3.63, 3.8) is 0 Å². The van der Waals surface area contributed by atoms with Crippen molar-refractivity contribution in [2.24, 2.45) is 0 Å². The quantitative estimate of drug-likeness (QED) is 0.219. The number of nitrogens with zero attached hydrogens (tertiary/aromatic N) is 1. The van der Waals surface area contributed by atoms with Crippen molar-refractivity contribution in [1.82, 2.24) is 0 Å². The average molecular weight is 483 g/mol. The number of carbonyl (C=O) groups excluding carboxylic acids is 1. The SMILES string of the molecule is Cc1ccc(S(=O)(=O)Nc2cc3c(C(=O)OC(C)C)c(C)oc3c3ccccc23)cc1[N+](=O)[O-]. The van der Waals surface area contributed by atoms with Gasteiger partial charge in [-0.25, -0.2) is 13.2 Å². The van der Waals surface area contributed by atoms with E-state index in [1.165, 1.54) is 25.1 Å². The van der Waals surface area contributed by atoms with Crippen LogP contribution in [0.25, 0.3) is 21.7 Å². The van der Waals surface area contributed by atoms with Crippen LogP contribution in [0.15, 0.2) is 57.8 Å². The lowest BCUT2D eigenvalue weighted by Gasteiger charge is -2.12. The molecule has 0 unspecified atom stereocenters. The van der Waals surface area contributed by atoms with E-state index in [1.807, 2.05) is 0 Å². The van der Waals surface area contributed by atoms with Crippen molar-refractivity contribution in [3.05, 3.63) is 75.5 Å². The molecule has 1 aromatic heterocycles. The number of nitro groups is 1. The molecule has 4 rings (SSSR count). The molecule has 0 amide bonds. The number of hydrogen-bond donors (Lipinski definition) is 1. The van der Waals surface area contributed by atoms with E-state index in [9.17, 15) is 23.3 Å². The van der Waals surface area contributed by atoms with Gasteiger partial charge in [-0.15, -0.1) is 0 Å². The number of carbonyl (C=O) groups is 1. The number of nitrogens with one attached hydrogen (secondary N) is 1. The molecule has 0 atom stereocenters. The number of aryl methyl sites for hydroxylation is 2. The zero-order valence-electron chi connectivity index (χ0n) is 18.9. The van der Waals surface area contributed by atoms with Crippen molar-refractivity contribution in [2.75, 3.05) is 4.72 Å². The highest BCUT2D eigenvalue weighted by molar-refractivity contribution is 7.92. The Hall–Kier alpha value is -3.92. The third-order valence-electron chi connectivity index (χ3n) is 5.35. The summed E-state index contributed by atoms with van der Waals surface area (Å²) in [5, 5.41) is 12.8. The second-order valence-electron chi connectivity index (χ2n) is 8.14. The van der Waals surface area contributed by atoms with Crippen LogP contribution in [0, 0.1) is 24.0 Å². The molecule has 176 valence electrons. The van der Waals surface area contributed by atoms with E-state index in [4.69, 9.17) is 9.15 Å². The first kappa shape index (κ1) is 23.2. The number of fused-ring (bicyclic) bond motifs is 3. The molecule has 3 aromatic carbocycles. The number of anilines is 1. The minimum Gasteiger partial charge on any atom is -0.460 e. The minimum absolute atomic E-state index is 0.200. The predicted molar refractivity (Wildman–Crippen MR) is 128 cm³/mol. The van der Waals surface area contributed by atoms with Crippen LogP contribution in [-0.2, 0) is 14.8 Å². The fraction of sp³-hybridized carbons (Fsp3) is 0.208. The molecule has 1 N–H and O–H groups in total. The Labute approximate surface area is 195 Å². The van der Waals surface area contributed by atoms with Crippen LogP contribution in [0.3, 0.4) is 0 Å². The molecule has 1 heterocycles. The first-order valence-electron chi connectivity index (χ1n) is 10.4. The topological polar surface area (TPSA) is 129 Å². The fourth-order valence-electron chi connectivity index (χ4n) is 3.81. The Morgan fingerprint density at radius 2 is 1.74 bits per heavy atom. The molecule has 0 bridgehead atoms. The highest BCUT2D eigenvalue weighted by Gasteiger charge is 2.25. The molecule has 0 aliphatic rings. The van der Waals surface area contributed by atoms with Crippen LogP contribution in [0.1, 0.15) is 35.5 Å². The number of ether oxygens (including phenoxy) is 1. The Kier molecular flexibility index (Phi) is 5.78. The average Bonchev–Trinajstić information content (AvgIpc) is 3.09. The number of benzene rings is 3. The van der Waals surface area contributed by atoms with Gasteiger partial charge in [0.1, 0.15) is 16.9 Å². The molecular weight excluding hydrogens is 460 g/mol. The smallest absolute Gasteiger partial charge is 0.342 e. The van der Waals surface area contributed by atoms with Gasteiger partial charge in [-0.1, -0.05) is 30.3 Å². The van der Waals surface area contributed by atoms with Gasteiger partial charge in [0.15, 0.2) is 0 Å². The number of sulfonamides is 1. The highest BCUT2D eigenvalue weighted by atomic mass is 32.2. The molecule has 0 saturated heterocycles. The van der Waals surface area contributed by atoms with Gasteiger partial charge in [0.05, 0.1) is 21.6 Å². The van der Waals surface area contributed by atoms with Crippen molar-refractivity contribution in [3.8, 4) is 0 Å². The maximum Gasteiger partial charge on any atom is 0.342 e. The number of rotatable bonds is 6. The number of hydrogen-bond acceptors (Lipinski definition) is 7. The summed E-state index contributed by atoms with van der Waals surface area (Å²) in [6.07, 6.45) is -0.354. The van der Waals surface area contributed by atoms with Gasteiger partial charge in [-0.3, -0.25) is 14.8 Å². The fourth-order valence-corrected chi connectivity index (χ4v) is 4.90. The van der Waals surface area contributed by atoms with Crippen molar-refractivity contribution in [2.45, 2.75) is 38.7 Å². The third-order valence-corrected chi connectivity index (χ3v) is 6.71. The molecule has 0 fully saturated rings. The van der Waals surface area contributed by atoms with Gasteiger partial charge in [0.2, 0.25) is 0 Å². The van der Waals surface area contributed by atoms with Crippen LogP contribution in [0.2, 0.25) is 0 Å². The van der Waals surface area contributed by atoms with Crippen molar-refractivity contribution >= 4 is 49.1 Å². The van der Waals surface area contributed by atoms with Gasteiger partial charge < -0.3 is 9.15 Å². The first-order chi connectivity index (χ1) is 16.0. The zero-order valence-corrected chi connectivity index (χ0v) is 19.7. The standard InChI is InChI=1S/C24H22N2O7S/c1-13(2)32-24(27)22-15(4)33-23-18-8-6-5-7-17(18)20(12-19(22)23)25-34(30,31)16-10-9-14(3)21(11-16)26(28)29/h5-13,25H,1-4H3. The predicted octanol–water partition coefficient (Wildman–Crippen LogP) is 5.48. The molecule has 0 aliphatic heterocycles. The molecule has 34 heavy (non-hydrogen) atoms. The first-order valence-corrected chi connectivity index (χ1v) is 11.9. The summed E-state index contributed by atoms with van der Waals surface area (Å²) in [6, 6.07) is 12.2. The molecule has 0 spiro atoms. The number of nitro benzene ring substituents is 1. The molecular formula is C24H22N2O7S. The molecule has 4 aromatic rings. The largest absolute Gasteiger partial charge is 0.460 e. The van der Waals surface area contributed by atoms with Crippen LogP contribution in [0.4, 0.5) is 11.4 Å². The van der Waals surface area contributed by atoms with E-state index in [0.29, 0.717) is 33.1 Å². The monoisotopic (exact) mass is 482 g/mol. The Bertz CT molecular complexity index is 1570. The second kappa shape index (κ2) is 8.45. The van der Waals surface area contributed by atoms with E-state index < -0.39 is 20.9 Å². The highest BCUT2D eigenvalue weighted by Crippen LogP contribution is 2.38. The van der Waals surface area contributed by atoms with E-state index in [1.54, 1.807) is 45.0 Å². The van der Waals surface area contributed by atoms with Crippen LogP contribution in [-0.4, -0.2) is 25.4 Å². The summed E-state index contributed by atoms with van der Waals surface area (Å²) in [6.45, 7) is 6.62. The normalized spacial score (nSPS) is 11.8. The maximum atomic E-state index is 13.2. The van der Waals surface area contributed by atoms with Crippen LogP contribution in [0.5, 0.6) is 0 Å². The van der Waals surface area contributed by atoms with Crippen LogP contribution < -0.4 is 4.72 Å². The van der Waals surface area contributed by atoms with E-state index in [2.05, 4.69) is 4.72 Å². The Morgan fingerprint density at radius 3 is 2.38 bits per heavy atom. The summed E-state index contributed by atoms with van der Waals surface area (Å²) in [5.74, 6) is -0.232. The molecule has 0 aliphatic carbocycles. The van der Waals surface area contributed by atoms with Gasteiger partial charge in [0, 0.05) is 27.8 Å². The Balaban J connectivity index is 1.91. The minimum atomic E-state index is -4.19. The van der Waals surface area contributed by atoms with Crippen molar-refractivity contribution < 1.29 is 27.3 Å². The molecule has 10 heteroatoms. The van der Waals surface area contributed by atoms with Crippen LogP contribution >= 0.6 is 0 Å². The molecule has 0 radical (unpaired) electrons. The lowest BCUT2D eigenvalue weighted by molar-refractivity contribution is -0.385. The molecule has 0 saturated carbocycles. The van der Waals surface area contributed by atoms with Gasteiger partial charge in [-0.05, 0) is 39.8 Å². The van der Waals surface area contributed by atoms with E-state index >= 15 is 0 Å². The second-order valence-corrected chi connectivity index (χ2v) is 9.83. The summed E-state index contributed by atoms with van der Waals surface area (Å²) < 4.78 is 40.1. The lowest BCUT2D eigenvalue weighted by atomic mass is 10.0. The van der Waals surface area contributed by atoms with Crippen molar-refractivity contribution in [1.29, 1.82) is 0 Å². The van der Waals surface area contributed by atoms with Gasteiger partial charge >= 0.3 is 5.97 Å². The summed E-state index contributed by atoms with van der Waals surface area (Å²) in [7, 11) is -4.19. The third kappa shape index (κ3) is 4.08. The van der Waals surface area contributed by atoms with E-state index in [-0.39, 0.29) is 27.9 Å². The summed E-state index contributed by atoms with van der Waals surface area (Å²) in [4.78, 5) is 23.2. The van der Waals surface area contributed by atoms with Gasteiger partial charge in [0.25, 0.3) is 15.7 Å². The summed E-state index contributed by atoms with van der Waals surface area (Å²) in [5.41, 5.74) is 0.884. The zero-order chi connectivity index (χ0) is 24.8. The lowest BCUT2D eigenvalue weighted by Crippen LogP contribution is -2.14. The maximum absolute atomic E-state index is 13.2. The number of furan rings is 1. The van der Waals surface area contributed by atoms with E-state index in [0.717, 1.165) is 6.07 Å². The number of esters is 1. The molecule has 9 nitrogen and oxygen atoms in total. The summed E-state index contributed by atoms with van der Waals surface area (Å²) >= 11 is 0. The van der Waals surface area contributed by atoms with Gasteiger partial charge in [-0.2, -0.15) is 0 Å².